The molecule has 0 radical (unpaired) electrons. The van der Waals surface area contributed by atoms with Crippen molar-refractivity contribution >= 4 is 0 Å². The van der Waals surface area contributed by atoms with Crippen molar-refractivity contribution in [2.24, 2.45) is 0 Å². The first kappa shape index (κ1) is 22.6. The normalized spacial score (nSPS) is 11.9. The first-order chi connectivity index (χ1) is 16.1. The highest BCUT2D eigenvalue weighted by atomic mass is 16.5. The van der Waals surface area contributed by atoms with Crippen LogP contribution in [-0.2, 0) is 22.7 Å². The number of phenolic OH excluding ortho intramolecular Hbond substituents is 2. The van der Waals surface area contributed by atoms with Gasteiger partial charge >= 0.3 is 0 Å². The van der Waals surface area contributed by atoms with Crippen LogP contribution in [0.25, 0.3) is 22.3 Å². The number of rotatable bonds is 9. The molecule has 0 aliphatic carbocycles. The van der Waals surface area contributed by atoms with Gasteiger partial charge < -0.3 is 19.7 Å². The number of benzene rings is 4. The second-order valence-electron chi connectivity index (χ2n) is 8.12. The molecular weight excluding hydrogens is 412 g/mol. The molecule has 4 aromatic carbocycles. The molecule has 0 aliphatic rings. The lowest BCUT2D eigenvalue weighted by atomic mass is 10.0. The lowest BCUT2D eigenvalue weighted by Gasteiger charge is -2.14. The summed E-state index contributed by atoms with van der Waals surface area (Å²) in [6.45, 7) is 3.59. The molecule has 0 saturated heterocycles. The van der Waals surface area contributed by atoms with Crippen molar-refractivity contribution in [3.8, 4) is 33.8 Å². The molecule has 0 amide bonds. The SMILES string of the molecule is CC(COCc1ccc(-c2ccc(O)cc2)cc1)OCc1ccc(-c2ccc(O)cc2)cc1. The summed E-state index contributed by atoms with van der Waals surface area (Å²) in [5.74, 6) is 0.539. The zero-order chi connectivity index (χ0) is 23.0. The van der Waals surface area contributed by atoms with Gasteiger partial charge in [-0.1, -0.05) is 72.8 Å². The zero-order valence-corrected chi connectivity index (χ0v) is 18.6. The van der Waals surface area contributed by atoms with E-state index in [9.17, 15) is 10.2 Å². The second-order valence-corrected chi connectivity index (χ2v) is 8.12. The van der Waals surface area contributed by atoms with Crippen molar-refractivity contribution in [1.82, 2.24) is 0 Å². The van der Waals surface area contributed by atoms with Gasteiger partial charge in [-0.15, -0.1) is 0 Å². The fraction of sp³-hybridized carbons (Fsp3) is 0.172. The summed E-state index contributed by atoms with van der Waals surface area (Å²) in [5.41, 5.74) is 6.55. The van der Waals surface area contributed by atoms with Crippen LogP contribution in [0.3, 0.4) is 0 Å². The number of hydrogen-bond acceptors (Lipinski definition) is 4. The molecular formula is C29H28O4. The highest BCUT2D eigenvalue weighted by molar-refractivity contribution is 5.65. The maximum absolute atomic E-state index is 9.42. The van der Waals surface area contributed by atoms with E-state index in [1.54, 1.807) is 24.3 Å². The van der Waals surface area contributed by atoms with Gasteiger partial charge in [-0.3, -0.25) is 0 Å². The van der Waals surface area contributed by atoms with Crippen LogP contribution in [0.2, 0.25) is 0 Å². The fourth-order valence-corrected chi connectivity index (χ4v) is 3.52. The van der Waals surface area contributed by atoms with Crippen molar-refractivity contribution in [2.45, 2.75) is 26.2 Å². The Hall–Kier alpha value is -3.60. The standard InChI is InChI=1S/C29H28O4/c1-21(33-20-23-4-8-25(9-5-23)27-12-16-29(31)17-13-27)18-32-19-22-2-6-24(7-3-22)26-10-14-28(30)15-11-26/h2-17,21,30-31H,18-20H2,1H3. The minimum atomic E-state index is -0.0157. The summed E-state index contributed by atoms with van der Waals surface area (Å²) in [7, 11) is 0. The topological polar surface area (TPSA) is 58.9 Å². The smallest absolute Gasteiger partial charge is 0.115 e. The Balaban J connectivity index is 1.20. The van der Waals surface area contributed by atoms with Gasteiger partial charge in [0.2, 0.25) is 0 Å². The largest absolute Gasteiger partial charge is 0.508 e. The van der Waals surface area contributed by atoms with Gasteiger partial charge in [0.25, 0.3) is 0 Å². The van der Waals surface area contributed by atoms with Crippen molar-refractivity contribution in [1.29, 1.82) is 0 Å². The molecule has 4 heteroatoms. The predicted octanol–water partition coefficient (Wildman–Crippen LogP) is 6.55. The van der Waals surface area contributed by atoms with Crippen LogP contribution in [0.5, 0.6) is 11.5 Å². The molecule has 4 aromatic rings. The maximum Gasteiger partial charge on any atom is 0.115 e. The molecule has 0 bridgehead atoms. The van der Waals surface area contributed by atoms with E-state index >= 15 is 0 Å². The molecule has 0 spiro atoms. The van der Waals surface area contributed by atoms with E-state index in [1.165, 1.54) is 0 Å². The summed E-state index contributed by atoms with van der Waals surface area (Å²) in [5, 5.41) is 18.8. The molecule has 0 saturated carbocycles. The van der Waals surface area contributed by atoms with Crippen LogP contribution in [0, 0.1) is 0 Å². The third-order valence-electron chi connectivity index (χ3n) is 5.46. The maximum atomic E-state index is 9.42. The minimum absolute atomic E-state index is 0.0157. The van der Waals surface area contributed by atoms with Gasteiger partial charge in [0, 0.05) is 0 Å². The van der Waals surface area contributed by atoms with Crippen LogP contribution in [0.1, 0.15) is 18.1 Å². The molecule has 168 valence electrons. The van der Waals surface area contributed by atoms with Gasteiger partial charge in [-0.05, 0) is 64.6 Å². The van der Waals surface area contributed by atoms with Gasteiger partial charge in [-0.2, -0.15) is 0 Å². The highest BCUT2D eigenvalue weighted by Crippen LogP contribution is 2.23. The van der Waals surface area contributed by atoms with E-state index in [2.05, 4.69) is 48.5 Å². The summed E-state index contributed by atoms with van der Waals surface area (Å²) in [4.78, 5) is 0. The Morgan fingerprint density at radius 2 is 0.909 bits per heavy atom. The summed E-state index contributed by atoms with van der Waals surface area (Å²) >= 11 is 0. The molecule has 1 atom stereocenters. The monoisotopic (exact) mass is 440 g/mol. The van der Waals surface area contributed by atoms with E-state index in [-0.39, 0.29) is 17.6 Å². The molecule has 2 N–H and O–H groups in total. The van der Waals surface area contributed by atoms with Gasteiger partial charge in [0.1, 0.15) is 11.5 Å². The lowest BCUT2D eigenvalue weighted by molar-refractivity contribution is -0.0197. The van der Waals surface area contributed by atoms with Crippen molar-refractivity contribution in [3.63, 3.8) is 0 Å². The Bertz CT molecular complexity index is 1130. The predicted molar refractivity (Wildman–Crippen MR) is 131 cm³/mol. The van der Waals surface area contributed by atoms with Crippen LogP contribution in [0.15, 0.2) is 97.1 Å². The lowest BCUT2D eigenvalue weighted by Crippen LogP contribution is -2.15. The first-order valence-electron chi connectivity index (χ1n) is 11.0. The Kier molecular flexibility index (Phi) is 7.40. The van der Waals surface area contributed by atoms with Crippen molar-refractivity contribution < 1.29 is 19.7 Å². The van der Waals surface area contributed by atoms with Crippen LogP contribution < -0.4 is 0 Å². The van der Waals surface area contributed by atoms with E-state index in [0.717, 1.165) is 33.4 Å². The van der Waals surface area contributed by atoms with Crippen molar-refractivity contribution in [2.75, 3.05) is 6.61 Å². The average molecular weight is 441 g/mol. The average Bonchev–Trinajstić information content (AvgIpc) is 2.85. The van der Waals surface area contributed by atoms with Crippen molar-refractivity contribution in [3.05, 3.63) is 108 Å². The number of phenols is 2. The van der Waals surface area contributed by atoms with E-state index < -0.39 is 0 Å². The van der Waals surface area contributed by atoms with Crippen LogP contribution in [-0.4, -0.2) is 22.9 Å². The Morgan fingerprint density at radius 1 is 0.545 bits per heavy atom. The van der Waals surface area contributed by atoms with Gasteiger partial charge in [-0.25, -0.2) is 0 Å². The molecule has 0 heterocycles. The molecule has 0 aromatic heterocycles. The molecule has 0 fully saturated rings. The minimum Gasteiger partial charge on any atom is -0.508 e. The fourth-order valence-electron chi connectivity index (χ4n) is 3.52. The third-order valence-corrected chi connectivity index (χ3v) is 5.46. The second kappa shape index (κ2) is 10.8. The molecule has 4 nitrogen and oxygen atoms in total. The number of ether oxygens (including phenoxy) is 2. The van der Waals surface area contributed by atoms with Gasteiger partial charge in [0.15, 0.2) is 0 Å². The summed E-state index contributed by atoms with van der Waals surface area (Å²) in [6.07, 6.45) is -0.0157. The van der Waals surface area contributed by atoms with Gasteiger partial charge in [0.05, 0.1) is 25.9 Å². The third kappa shape index (κ3) is 6.45. The zero-order valence-electron chi connectivity index (χ0n) is 18.6. The van der Waals surface area contributed by atoms with E-state index in [0.29, 0.717) is 19.8 Å². The molecule has 4 rings (SSSR count). The Morgan fingerprint density at radius 3 is 1.33 bits per heavy atom. The van der Waals surface area contributed by atoms with Crippen LogP contribution in [0.4, 0.5) is 0 Å². The highest BCUT2D eigenvalue weighted by Gasteiger charge is 2.05. The quantitative estimate of drug-likeness (QED) is 0.310. The molecule has 0 aliphatic heterocycles. The Labute approximate surface area is 194 Å². The summed E-state index contributed by atoms with van der Waals surface area (Å²) < 4.78 is 11.8. The van der Waals surface area contributed by atoms with Crippen LogP contribution >= 0.6 is 0 Å². The molecule has 1 unspecified atom stereocenters. The number of hydrogen-bond donors (Lipinski definition) is 2. The van der Waals surface area contributed by atoms with E-state index in [4.69, 9.17) is 9.47 Å². The number of aromatic hydroxyl groups is 2. The first-order valence-corrected chi connectivity index (χ1v) is 11.0. The summed E-state index contributed by atoms with van der Waals surface area (Å²) in [6, 6.07) is 30.9. The van der Waals surface area contributed by atoms with E-state index in [1.807, 2.05) is 31.2 Å². The molecule has 33 heavy (non-hydrogen) atoms.